The van der Waals surface area contributed by atoms with Crippen LogP contribution in [0.1, 0.15) is 16.7 Å². The molecule has 0 aliphatic carbocycles. The van der Waals surface area contributed by atoms with Crippen LogP contribution in [0.2, 0.25) is 0 Å². The molecule has 0 radical (unpaired) electrons. The molecule has 8 heteroatoms. The van der Waals surface area contributed by atoms with Crippen LogP contribution in [0.3, 0.4) is 0 Å². The Morgan fingerprint density at radius 3 is 2.38 bits per heavy atom. The van der Waals surface area contributed by atoms with Crippen molar-refractivity contribution in [2.75, 3.05) is 14.2 Å². The summed E-state index contributed by atoms with van der Waals surface area (Å²) >= 11 is 0. The molecule has 0 N–H and O–H groups in total. The topological polar surface area (TPSA) is 55.8 Å². The maximum atomic E-state index is 12.8. The minimum absolute atomic E-state index is 0.0566. The third-order valence-electron chi connectivity index (χ3n) is 3.88. The summed E-state index contributed by atoms with van der Waals surface area (Å²) in [5, 5.41) is 0. The van der Waals surface area contributed by atoms with Crippen molar-refractivity contribution in [3.05, 3.63) is 53.1 Å². The zero-order valence-corrected chi connectivity index (χ0v) is 15.8. The maximum absolute atomic E-state index is 12.8. The molecule has 142 valence electrons. The molecule has 0 bridgehead atoms. The Labute approximate surface area is 152 Å². The lowest BCUT2D eigenvalue weighted by atomic mass is 10.2. The minimum Gasteiger partial charge on any atom is -0.493 e. The first kappa shape index (κ1) is 20.1. The normalized spacial score (nSPS) is 11.8. The van der Waals surface area contributed by atoms with Crippen LogP contribution in [-0.4, -0.2) is 33.5 Å². The van der Waals surface area contributed by atoms with Crippen LogP contribution in [0.25, 0.3) is 0 Å². The summed E-state index contributed by atoms with van der Waals surface area (Å²) in [6.07, 6.45) is 0. The van der Waals surface area contributed by atoms with E-state index in [0.29, 0.717) is 11.1 Å². The van der Waals surface area contributed by atoms with Crippen LogP contribution < -0.4 is 9.47 Å². The predicted molar refractivity (Wildman–Crippen MR) is 94.2 cm³/mol. The Hall–Kier alpha value is -2.19. The lowest BCUT2D eigenvalue weighted by Gasteiger charge is -2.20. The van der Waals surface area contributed by atoms with Gasteiger partial charge in [0.25, 0.3) is 0 Å². The molecule has 0 fully saturated rings. The first-order valence-electron chi connectivity index (χ1n) is 7.80. The molecule has 0 heterocycles. The smallest absolute Gasteiger partial charge is 0.387 e. The highest BCUT2D eigenvalue weighted by molar-refractivity contribution is 7.89. The molecular formula is C18H21F2NO4S. The summed E-state index contributed by atoms with van der Waals surface area (Å²) < 4.78 is 61.1. The first-order chi connectivity index (χ1) is 12.1. The average molecular weight is 385 g/mol. The van der Waals surface area contributed by atoms with Crippen molar-refractivity contribution < 1.29 is 26.7 Å². The van der Waals surface area contributed by atoms with E-state index in [2.05, 4.69) is 4.74 Å². The summed E-state index contributed by atoms with van der Waals surface area (Å²) in [7, 11) is -0.905. The summed E-state index contributed by atoms with van der Waals surface area (Å²) in [6, 6.07) is 9.57. The molecule has 0 aromatic heterocycles. The fraction of sp³-hybridized carbons (Fsp3) is 0.333. The Balaban J connectivity index is 2.28. The van der Waals surface area contributed by atoms with Crippen molar-refractivity contribution in [3.63, 3.8) is 0 Å². The fourth-order valence-electron chi connectivity index (χ4n) is 2.50. The first-order valence-corrected chi connectivity index (χ1v) is 9.24. The van der Waals surface area contributed by atoms with Gasteiger partial charge in [0, 0.05) is 13.6 Å². The summed E-state index contributed by atoms with van der Waals surface area (Å²) in [5.41, 5.74) is 2.08. The molecule has 2 rings (SSSR count). The molecule has 0 atom stereocenters. The van der Waals surface area contributed by atoms with Gasteiger partial charge < -0.3 is 9.47 Å². The molecule has 2 aromatic rings. The van der Waals surface area contributed by atoms with E-state index in [9.17, 15) is 17.2 Å². The van der Waals surface area contributed by atoms with E-state index >= 15 is 0 Å². The van der Waals surface area contributed by atoms with E-state index in [-0.39, 0.29) is 22.9 Å². The van der Waals surface area contributed by atoms with Gasteiger partial charge in [0.05, 0.1) is 12.0 Å². The van der Waals surface area contributed by atoms with Gasteiger partial charge in [0.15, 0.2) is 11.5 Å². The summed E-state index contributed by atoms with van der Waals surface area (Å²) in [4.78, 5) is 0.240. The van der Waals surface area contributed by atoms with Gasteiger partial charge in [0.2, 0.25) is 10.0 Å². The van der Waals surface area contributed by atoms with E-state index in [4.69, 9.17) is 4.74 Å². The number of hydrogen-bond donors (Lipinski definition) is 0. The van der Waals surface area contributed by atoms with Crippen LogP contribution >= 0.6 is 0 Å². The highest BCUT2D eigenvalue weighted by Crippen LogP contribution is 2.30. The van der Waals surface area contributed by atoms with E-state index in [1.807, 2.05) is 13.0 Å². The van der Waals surface area contributed by atoms with Gasteiger partial charge in [-0.1, -0.05) is 18.2 Å². The summed E-state index contributed by atoms with van der Waals surface area (Å²) in [5.74, 6) is 0.00613. The molecule has 0 aliphatic rings. The van der Waals surface area contributed by atoms with Crippen LogP contribution in [-0.2, 0) is 16.6 Å². The van der Waals surface area contributed by atoms with Crippen molar-refractivity contribution >= 4 is 10.0 Å². The Morgan fingerprint density at radius 1 is 1.08 bits per heavy atom. The number of halogens is 2. The van der Waals surface area contributed by atoms with E-state index in [1.54, 1.807) is 19.1 Å². The number of sulfonamides is 1. The number of hydrogen-bond acceptors (Lipinski definition) is 4. The van der Waals surface area contributed by atoms with Crippen molar-refractivity contribution in [2.45, 2.75) is 31.9 Å². The van der Waals surface area contributed by atoms with E-state index in [1.165, 1.54) is 36.7 Å². The van der Waals surface area contributed by atoms with E-state index < -0.39 is 16.6 Å². The molecule has 0 saturated carbocycles. The van der Waals surface area contributed by atoms with Crippen LogP contribution in [0, 0.1) is 13.8 Å². The van der Waals surface area contributed by atoms with Crippen molar-refractivity contribution in [2.24, 2.45) is 0 Å². The Bertz CT molecular complexity index is 885. The van der Waals surface area contributed by atoms with Crippen LogP contribution in [0.5, 0.6) is 11.5 Å². The van der Waals surface area contributed by atoms with Gasteiger partial charge >= 0.3 is 6.61 Å². The molecule has 0 saturated heterocycles. The third-order valence-corrected chi connectivity index (χ3v) is 5.83. The number of methoxy groups -OCH3 is 1. The van der Waals surface area contributed by atoms with Crippen molar-refractivity contribution in [3.8, 4) is 11.5 Å². The zero-order chi connectivity index (χ0) is 19.5. The number of benzene rings is 2. The van der Waals surface area contributed by atoms with E-state index in [0.717, 1.165) is 5.56 Å². The van der Waals surface area contributed by atoms with Crippen molar-refractivity contribution in [1.82, 2.24) is 4.31 Å². The highest BCUT2D eigenvalue weighted by Gasteiger charge is 2.23. The number of aryl methyl sites for hydroxylation is 2. The number of rotatable bonds is 7. The molecule has 0 unspecified atom stereocenters. The molecule has 26 heavy (non-hydrogen) atoms. The number of ether oxygens (including phenoxy) is 2. The van der Waals surface area contributed by atoms with Gasteiger partial charge in [-0.25, -0.2) is 8.42 Å². The monoisotopic (exact) mass is 385 g/mol. The molecule has 0 spiro atoms. The lowest BCUT2D eigenvalue weighted by Crippen LogP contribution is -2.27. The zero-order valence-electron chi connectivity index (χ0n) is 15.0. The van der Waals surface area contributed by atoms with Gasteiger partial charge in [-0.05, 0) is 48.7 Å². The molecule has 0 amide bonds. The Kier molecular flexibility index (Phi) is 6.20. The molecule has 0 aliphatic heterocycles. The third kappa shape index (κ3) is 4.50. The maximum Gasteiger partial charge on any atom is 0.387 e. The molecular weight excluding hydrogens is 364 g/mol. The fourth-order valence-corrected chi connectivity index (χ4v) is 3.96. The van der Waals surface area contributed by atoms with Crippen molar-refractivity contribution in [1.29, 1.82) is 0 Å². The van der Waals surface area contributed by atoms with Gasteiger partial charge in [0.1, 0.15) is 0 Å². The molecule has 5 nitrogen and oxygen atoms in total. The van der Waals surface area contributed by atoms with Crippen LogP contribution in [0.4, 0.5) is 8.78 Å². The number of alkyl halides is 2. The highest BCUT2D eigenvalue weighted by atomic mass is 32.2. The van der Waals surface area contributed by atoms with Gasteiger partial charge in [-0.2, -0.15) is 13.1 Å². The lowest BCUT2D eigenvalue weighted by molar-refractivity contribution is -0.0512. The average Bonchev–Trinajstić information content (AvgIpc) is 2.57. The predicted octanol–water partition coefficient (Wildman–Crippen LogP) is 3.73. The molecule has 2 aromatic carbocycles. The van der Waals surface area contributed by atoms with Crippen LogP contribution in [0.15, 0.2) is 41.3 Å². The number of nitrogens with zero attached hydrogens (tertiary/aromatic N) is 1. The van der Waals surface area contributed by atoms with Gasteiger partial charge in [-0.15, -0.1) is 0 Å². The second kappa shape index (κ2) is 8.01. The minimum atomic E-state index is -3.70. The second-order valence-electron chi connectivity index (χ2n) is 5.89. The second-order valence-corrected chi connectivity index (χ2v) is 7.91. The van der Waals surface area contributed by atoms with Gasteiger partial charge in [-0.3, -0.25) is 0 Å². The largest absolute Gasteiger partial charge is 0.493 e. The Morgan fingerprint density at radius 2 is 1.77 bits per heavy atom. The quantitative estimate of drug-likeness (QED) is 0.729. The summed E-state index contributed by atoms with van der Waals surface area (Å²) in [6.45, 7) is 0.647. The SMILES string of the molecule is COc1cc(CN(C)S(=O)(=O)c2cc(C)ccc2C)ccc1OC(F)F. The standard InChI is InChI=1S/C18H21F2NO4S/c1-12-5-6-13(2)17(9-12)26(22,23)21(3)11-14-7-8-15(25-18(19)20)16(10-14)24-4/h5-10,18H,11H2,1-4H3.